The lowest BCUT2D eigenvalue weighted by atomic mass is 9.86. The van der Waals surface area contributed by atoms with Gasteiger partial charge in [0.1, 0.15) is 5.69 Å². The lowest BCUT2D eigenvalue weighted by Gasteiger charge is -2.29. The van der Waals surface area contributed by atoms with Crippen LogP contribution in [0.1, 0.15) is 62.0 Å². The first-order chi connectivity index (χ1) is 10.2. The second kappa shape index (κ2) is 6.60. The fourth-order valence-electron chi connectivity index (χ4n) is 3.49. The highest BCUT2D eigenvalue weighted by molar-refractivity contribution is 5.92. The maximum absolute atomic E-state index is 12.4. The minimum atomic E-state index is -0.0173. The highest BCUT2D eigenvalue weighted by atomic mass is 16.2. The average Bonchev–Trinajstić information content (AvgIpc) is 3.00. The summed E-state index contributed by atoms with van der Waals surface area (Å²) < 4.78 is 1.95. The van der Waals surface area contributed by atoms with Crippen molar-refractivity contribution in [3.05, 3.63) is 18.0 Å². The van der Waals surface area contributed by atoms with E-state index < -0.39 is 0 Å². The first-order valence-corrected chi connectivity index (χ1v) is 8.31. The summed E-state index contributed by atoms with van der Waals surface area (Å²) in [5.74, 6) is 0.559. The van der Waals surface area contributed by atoms with E-state index in [-0.39, 0.29) is 5.91 Å². The van der Waals surface area contributed by atoms with Gasteiger partial charge in [-0.2, -0.15) is 5.10 Å². The van der Waals surface area contributed by atoms with E-state index in [4.69, 9.17) is 0 Å². The van der Waals surface area contributed by atoms with Gasteiger partial charge in [0.2, 0.25) is 0 Å². The van der Waals surface area contributed by atoms with Gasteiger partial charge < -0.3 is 10.6 Å². The van der Waals surface area contributed by atoms with Crippen molar-refractivity contribution in [2.24, 2.45) is 5.92 Å². The third-order valence-corrected chi connectivity index (χ3v) is 4.91. The highest BCUT2D eigenvalue weighted by Gasteiger charge is 2.24. The molecular weight excluding hydrogens is 264 g/mol. The predicted octanol–water partition coefficient (Wildman–Crippen LogP) is 2.12. The zero-order chi connectivity index (χ0) is 14.7. The van der Waals surface area contributed by atoms with Gasteiger partial charge in [-0.15, -0.1) is 0 Å². The van der Waals surface area contributed by atoms with Gasteiger partial charge in [-0.25, -0.2) is 0 Å². The van der Waals surface area contributed by atoms with Crippen molar-refractivity contribution in [1.82, 2.24) is 20.4 Å². The fraction of sp³-hybridized carbons (Fsp3) is 0.750. The van der Waals surface area contributed by atoms with Gasteiger partial charge in [0.15, 0.2) is 0 Å². The summed E-state index contributed by atoms with van der Waals surface area (Å²) in [5.41, 5.74) is 0.554. The van der Waals surface area contributed by atoms with Crippen molar-refractivity contribution in [3.63, 3.8) is 0 Å². The summed E-state index contributed by atoms with van der Waals surface area (Å²) in [6.45, 7) is 4.27. The first kappa shape index (κ1) is 14.6. The van der Waals surface area contributed by atoms with Crippen LogP contribution >= 0.6 is 0 Å². The van der Waals surface area contributed by atoms with Gasteiger partial charge >= 0.3 is 0 Å². The molecule has 3 rings (SSSR count). The van der Waals surface area contributed by atoms with Crippen LogP contribution < -0.4 is 10.6 Å². The van der Waals surface area contributed by atoms with Crippen LogP contribution in [0.2, 0.25) is 0 Å². The van der Waals surface area contributed by atoms with E-state index in [2.05, 4.69) is 22.7 Å². The molecule has 5 nitrogen and oxygen atoms in total. The maximum Gasteiger partial charge on any atom is 0.272 e. The van der Waals surface area contributed by atoms with Gasteiger partial charge in [0.05, 0.1) is 6.04 Å². The molecule has 1 aliphatic carbocycles. The highest BCUT2D eigenvalue weighted by Crippen LogP contribution is 2.24. The Morgan fingerprint density at radius 1 is 1.33 bits per heavy atom. The van der Waals surface area contributed by atoms with Crippen molar-refractivity contribution in [2.45, 2.75) is 57.5 Å². The monoisotopic (exact) mass is 290 g/mol. The van der Waals surface area contributed by atoms with Crippen molar-refractivity contribution in [3.8, 4) is 0 Å². The molecule has 5 heteroatoms. The van der Waals surface area contributed by atoms with E-state index in [0.717, 1.165) is 25.9 Å². The molecule has 3 unspecified atom stereocenters. The van der Waals surface area contributed by atoms with E-state index in [9.17, 15) is 4.79 Å². The maximum atomic E-state index is 12.4. The largest absolute Gasteiger partial charge is 0.348 e. The van der Waals surface area contributed by atoms with E-state index in [1.807, 2.05) is 16.9 Å². The van der Waals surface area contributed by atoms with Crippen LogP contribution in [0.5, 0.6) is 0 Å². The number of piperidine rings is 1. The summed E-state index contributed by atoms with van der Waals surface area (Å²) in [5, 5.41) is 11.0. The molecule has 3 atom stereocenters. The van der Waals surface area contributed by atoms with E-state index in [1.165, 1.54) is 25.7 Å². The molecule has 21 heavy (non-hydrogen) atoms. The molecule has 2 aliphatic rings. The quantitative estimate of drug-likeness (QED) is 0.896. The number of carbonyl (C=O) groups excluding carboxylic acids is 1. The zero-order valence-electron chi connectivity index (χ0n) is 12.8. The molecule has 2 heterocycles. The Kier molecular flexibility index (Phi) is 4.58. The van der Waals surface area contributed by atoms with Crippen molar-refractivity contribution >= 4 is 5.91 Å². The second-order valence-corrected chi connectivity index (χ2v) is 6.52. The molecule has 2 N–H and O–H groups in total. The Morgan fingerprint density at radius 3 is 2.95 bits per heavy atom. The van der Waals surface area contributed by atoms with Crippen molar-refractivity contribution in [1.29, 1.82) is 0 Å². The second-order valence-electron chi connectivity index (χ2n) is 6.52. The Hall–Kier alpha value is -1.36. The number of hydrogen-bond donors (Lipinski definition) is 2. The summed E-state index contributed by atoms with van der Waals surface area (Å²) in [7, 11) is 0. The standard InChI is InChI=1S/C16H26N4O/c1-12-5-2-3-7-14(12)18-16(21)15-8-10-20(19-15)13-6-4-9-17-11-13/h8,10,12-14,17H,2-7,9,11H2,1H3,(H,18,21). The number of nitrogens with zero attached hydrogens (tertiary/aromatic N) is 2. The first-order valence-electron chi connectivity index (χ1n) is 8.31. The van der Waals surface area contributed by atoms with E-state index >= 15 is 0 Å². The predicted molar refractivity (Wildman–Crippen MR) is 82.3 cm³/mol. The Balaban J connectivity index is 1.60. The Bertz CT molecular complexity index is 478. The van der Waals surface area contributed by atoms with Crippen molar-refractivity contribution < 1.29 is 4.79 Å². The van der Waals surface area contributed by atoms with Gasteiger partial charge in [-0.05, 0) is 44.2 Å². The van der Waals surface area contributed by atoms with Crippen LogP contribution in [0.25, 0.3) is 0 Å². The molecule has 0 radical (unpaired) electrons. The number of hydrogen-bond acceptors (Lipinski definition) is 3. The van der Waals surface area contributed by atoms with E-state index in [0.29, 0.717) is 23.7 Å². The third kappa shape index (κ3) is 3.46. The molecule has 1 amide bonds. The molecule has 1 saturated carbocycles. The number of amides is 1. The third-order valence-electron chi connectivity index (χ3n) is 4.91. The van der Waals surface area contributed by atoms with Crippen LogP contribution in [-0.2, 0) is 0 Å². The molecule has 1 aromatic heterocycles. The molecule has 1 aromatic rings. The SMILES string of the molecule is CC1CCCCC1NC(=O)c1ccn(C2CCCNC2)n1. The summed E-state index contributed by atoms with van der Waals surface area (Å²) >= 11 is 0. The van der Waals surface area contributed by atoms with Crippen LogP contribution in [0.4, 0.5) is 0 Å². The topological polar surface area (TPSA) is 59.0 Å². The lowest BCUT2D eigenvalue weighted by molar-refractivity contribution is 0.0904. The Labute approximate surface area is 126 Å². The van der Waals surface area contributed by atoms with Crippen LogP contribution in [0.3, 0.4) is 0 Å². The molecule has 1 aliphatic heterocycles. The van der Waals surface area contributed by atoms with Crippen LogP contribution in [0.15, 0.2) is 12.3 Å². The lowest BCUT2D eigenvalue weighted by Crippen LogP contribution is -2.41. The zero-order valence-corrected chi connectivity index (χ0v) is 12.8. The Morgan fingerprint density at radius 2 is 2.19 bits per heavy atom. The van der Waals surface area contributed by atoms with Gasteiger partial charge in [0, 0.05) is 18.8 Å². The molecule has 0 aromatic carbocycles. The number of nitrogens with one attached hydrogen (secondary N) is 2. The smallest absolute Gasteiger partial charge is 0.272 e. The molecule has 1 saturated heterocycles. The van der Waals surface area contributed by atoms with Gasteiger partial charge in [0.25, 0.3) is 5.91 Å². The molecule has 116 valence electrons. The minimum Gasteiger partial charge on any atom is -0.348 e. The average molecular weight is 290 g/mol. The summed E-state index contributed by atoms with van der Waals surface area (Å²) in [6, 6.07) is 2.54. The number of aromatic nitrogens is 2. The number of carbonyl (C=O) groups is 1. The normalized spacial score (nSPS) is 30.0. The molecule has 0 bridgehead atoms. The molecular formula is C16H26N4O. The summed E-state index contributed by atoms with van der Waals surface area (Å²) in [6.07, 6.45) is 9.07. The molecule has 2 fully saturated rings. The van der Waals surface area contributed by atoms with Gasteiger partial charge in [-0.1, -0.05) is 19.8 Å². The number of rotatable bonds is 3. The van der Waals surface area contributed by atoms with Crippen LogP contribution in [-0.4, -0.2) is 34.8 Å². The minimum absolute atomic E-state index is 0.0173. The van der Waals surface area contributed by atoms with Gasteiger partial charge in [-0.3, -0.25) is 9.48 Å². The van der Waals surface area contributed by atoms with Crippen molar-refractivity contribution in [2.75, 3.05) is 13.1 Å². The van der Waals surface area contributed by atoms with E-state index in [1.54, 1.807) is 0 Å². The summed E-state index contributed by atoms with van der Waals surface area (Å²) in [4.78, 5) is 12.4. The molecule has 0 spiro atoms. The van der Waals surface area contributed by atoms with Crippen LogP contribution in [0, 0.1) is 5.92 Å². The fourth-order valence-corrected chi connectivity index (χ4v) is 3.49.